The van der Waals surface area contributed by atoms with Gasteiger partial charge in [-0.15, -0.1) is 11.3 Å². The van der Waals surface area contributed by atoms with Gasteiger partial charge in [0.25, 0.3) is 11.8 Å². The summed E-state index contributed by atoms with van der Waals surface area (Å²) in [5, 5.41) is 6.96. The first kappa shape index (κ1) is 19.5. The van der Waals surface area contributed by atoms with Crippen molar-refractivity contribution in [2.75, 3.05) is 16.8 Å². The summed E-state index contributed by atoms with van der Waals surface area (Å²) in [6, 6.07) is 22.8. The van der Waals surface area contributed by atoms with Gasteiger partial charge in [0, 0.05) is 28.2 Å². The van der Waals surface area contributed by atoms with Crippen LogP contribution in [-0.4, -0.2) is 18.4 Å². The number of thiophene rings is 1. The minimum atomic E-state index is -0.161. The predicted molar refractivity (Wildman–Crippen MR) is 127 cm³/mol. The number of carbonyl (C=O) groups is 2. The molecule has 5 rings (SSSR count). The molecule has 1 aliphatic heterocycles. The molecular weight excluding hydrogens is 404 g/mol. The van der Waals surface area contributed by atoms with Crippen molar-refractivity contribution < 1.29 is 9.59 Å². The molecule has 2 heterocycles. The van der Waals surface area contributed by atoms with Crippen molar-refractivity contribution in [1.29, 1.82) is 0 Å². The van der Waals surface area contributed by atoms with Crippen LogP contribution in [0.15, 0.2) is 78.2 Å². The number of amides is 2. The van der Waals surface area contributed by atoms with Crippen LogP contribution < -0.4 is 10.2 Å². The van der Waals surface area contributed by atoms with Crippen LogP contribution in [0.25, 0.3) is 10.8 Å². The topological polar surface area (TPSA) is 49.4 Å². The highest BCUT2D eigenvalue weighted by Gasteiger charge is 2.23. The van der Waals surface area contributed by atoms with E-state index < -0.39 is 0 Å². The monoisotopic (exact) mass is 426 g/mol. The highest BCUT2D eigenvalue weighted by Crippen LogP contribution is 2.32. The van der Waals surface area contributed by atoms with E-state index in [1.54, 1.807) is 35.6 Å². The molecular formula is C26H22N2O2S. The third kappa shape index (κ3) is 3.84. The largest absolute Gasteiger partial charge is 0.322 e. The molecule has 0 fully saturated rings. The lowest BCUT2D eigenvalue weighted by Crippen LogP contribution is -2.31. The van der Waals surface area contributed by atoms with Crippen LogP contribution in [0.1, 0.15) is 38.4 Å². The minimum absolute atomic E-state index is 0.00785. The molecule has 0 bridgehead atoms. The van der Waals surface area contributed by atoms with Crippen molar-refractivity contribution in [3.05, 3.63) is 94.2 Å². The minimum Gasteiger partial charge on any atom is -0.322 e. The highest BCUT2D eigenvalue weighted by molar-refractivity contribution is 7.10. The average molecular weight is 427 g/mol. The second kappa shape index (κ2) is 8.36. The quantitative estimate of drug-likeness (QED) is 0.428. The van der Waals surface area contributed by atoms with Crippen molar-refractivity contribution in [3.63, 3.8) is 0 Å². The van der Waals surface area contributed by atoms with E-state index in [9.17, 15) is 9.59 Å². The lowest BCUT2D eigenvalue weighted by molar-refractivity contribution is 0.0986. The smallest absolute Gasteiger partial charge is 0.258 e. The van der Waals surface area contributed by atoms with Crippen LogP contribution in [0.3, 0.4) is 0 Å². The molecule has 154 valence electrons. The summed E-state index contributed by atoms with van der Waals surface area (Å²) in [5.74, 6) is -0.153. The van der Waals surface area contributed by atoms with Crippen molar-refractivity contribution in [3.8, 4) is 0 Å². The lowest BCUT2D eigenvalue weighted by Gasteiger charge is -2.21. The molecule has 0 saturated heterocycles. The van der Waals surface area contributed by atoms with Crippen LogP contribution in [0, 0.1) is 0 Å². The summed E-state index contributed by atoms with van der Waals surface area (Å²) in [5.41, 5.74) is 2.97. The summed E-state index contributed by atoms with van der Waals surface area (Å²) in [4.78, 5) is 29.2. The lowest BCUT2D eigenvalue weighted by atomic mass is 10.0. The summed E-state index contributed by atoms with van der Waals surface area (Å²) >= 11 is 1.72. The molecule has 0 radical (unpaired) electrons. The van der Waals surface area contributed by atoms with Crippen molar-refractivity contribution in [2.45, 2.75) is 19.3 Å². The summed E-state index contributed by atoms with van der Waals surface area (Å²) in [7, 11) is 0. The number of rotatable bonds is 3. The van der Waals surface area contributed by atoms with Crippen molar-refractivity contribution in [1.82, 2.24) is 0 Å². The maximum Gasteiger partial charge on any atom is 0.258 e. The van der Waals surface area contributed by atoms with E-state index in [0.717, 1.165) is 42.3 Å². The molecule has 0 atom stereocenters. The van der Waals surface area contributed by atoms with E-state index in [4.69, 9.17) is 0 Å². The maximum atomic E-state index is 13.2. The predicted octanol–water partition coefficient (Wildman–Crippen LogP) is 6.14. The molecule has 0 aliphatic carbocycles. The van der Waals surface area contributed by atoms with Gasteiger partial charge in [0.2, 0.25) is 0 Å². The third-order valence-electron chi connectivity index (χ3n) is 5.72. The number of anilines is 2. The van der Waals surface area contributed by atoms with Crippen molar-refractivity contribution >= 4 is 45.3 Å². The van der Waals surface area contributed by atoms with Gasteiger partial charge in [0.15, 0.2) is 0 Å². The first-order chi connectivity index (χ1) is 15.2. The Kier molecular flexibility index (Phi) is 5.26. The fourth-order valence-corrected chi connectivity index (χ4v) is 5.04. The molecule has 5 heteroatoms. The number of carbonyl (C=O) groups excluding carboxylic acids is 2. The Morgan fingerprint density at radius 3 is 2.55 bits per heavy atom. The molecule has 0 saturated carbocycles. The normalized spacial score (nSPS) is 13.5. The average Bonchev–Trinajstić information content (AvgIpc) is 3.18. The number of hydrogen-bond donors (Lipinski definition) is 1. The fraction of sp³-hybridized carbons (Fsp3) is 0.154. The molecule has 31 heavy (non-hydrogen) atoms. The Hall–Kier alpha value is -3.44. The third-order valence-corrected chi connectivity index (χ3v) is 6.69. The SMILES string of the molecule is O=C(Nc1ccc(C(=O)N2CCCCc3sccc32)cc1)c1cccc2ccccc12. The van der Waals surface area contributed by atoms with Gasteiger partial charge in [-0.2, -0.15) is 0 Å². The van der Waals surface area contributed by atoms with Gasteiger partial charge < -0.3 is 10.2 Å². The molecule has 4 aromatic rings. The molecule has 1 aromatic heterocycles. The maximum absolute atomic E-state index is 13.2. The Balaban J connectivity index is 1.35. The van der Waals surface area contributed by atoms with Gasteiger partial charge in [-0.25, -0.2) is 0 Å². The zero-order chi connectivity index (χ0) is 21.2. The highest BCUT2D eigenvalue weighted by atomic mass is 32.1. The van der Waals surface area contributed by atoms with Crippen LogP contribution >= 0.6 is 11.3 Å². The van der Waals surface area contributed by atoms with Gasteiger partial charge in [0.1, 0.15) is 0 Å². The Morgan fingerprint density at radius 2 is 1.68 bits per heavy atom. The van der Waals surface area contributed by atoms with E-state index in [-0.39, 0.29) is 11.8 Å². The molecule has 1 aliphatic rings. The van der Waals surface area contributed by atoms with Gasteiger partial charge in [-0.1, -0.05) is 36.4 Å². The number of nitrogens with zero attached hydrogens (tertiary/aromatic N) is 1. The van der Waals surface area contributed by atoms with E-state index in [0.29, 0.717) is 16.8 Å². The van der Waals surface area contributed by atoms with Crippen LogP contribution in [0.4, 0.5) is 11.4 Å². The van der Waals surface area contributed by atoms with Gasteiger partial charge in [0.05, 0.1) is 5.69 Å². The zero-order valence-corrected chi connectivity index (χ0v) is 17.8. The number of benzene rings is 3. The van der Waals surface area contributed by atoms with Crippen LogP contribution in [-0.2, 0) is 6.42 Å². The second-order valence-corrected chi connectivity index (χ2v) is 8.70. The first-order valence-corrected chi connectivity index (χ1v) is 11.4. The Morgan fingerprint density at radius 1 is 0.871 bits per heavy atom. The van der Waals surface area contributed by atoms with E-state index in [1.807, 2.05) is 53.4 Å². The molecule has 0 spiro atoms. The molecule has 4 nitrogen and oxygen atoms in total. The Labute approximate surface area is 185 Å². The number of nitrogens with one attached hydrogen (secondary N) is 1. The summed E-state index contributed by atoms with van der Waals surface area (Å²) in [6.45, 7) is 0.738. The summed E-state index contributed by atoms with van der Waals surface area (Å²) in [6.07, 6.45) is 3.15. The molecule has 0 unspecified atom stereocenters. The standard InChI is InChI=1S/C26H22N2O2S/c29-25(22-9-5-7-18-6-1-2-8-21(18)22)27-20-13-11-19(12-14-20)26(30)28-16-4-3-10-24-23(28)15-17-31-24/h1-2,5-9,11-15,17H,3-4,10,16H2,(H,27,29). The van der Waals surface area contributed by atoms with E-state index in [2.05, 4.69) is 10.7 Å². The molecule has 1 N–H and O–H groups in total. The number of aryl methyl sites for hydroxylation is 1. The first-order valence-electron chi connectivity index (χ1n) is 10.5. The summed E-state index contributed by atoms with van der Waals surface area (Å²) < 4.78 is 0. The van der Waals surface area contributed by atoms with Gasteiger partial charge in [-0.3, -0.25) is 9.59 Å². The molecule has 2 amide bonds. The number of fused-ring (bicyclic) bond motifs is 2. The zero-order valence-electron chi connectivity index (χ0n) is 17.0. The van der Waals surface area contributed by atoms with E-state index >= 15 is 0 Å². The van der Waals surface area contributed by atoms with Crippen LogP contribution in [0.2, 0.25) is 0 Å². The van der Waals surface area contributed by atoms with Crippen molar-refractivity contribution in [2.24, 2.45) is 0 Å². The van der Waals surface area contributed by atoms with Gasteiger partial charge in [-0.05, 0) is 71.8 Å². The number of hydrogen-bond acceptors (Lipinski definition) is 3. The second-order valence-electron chi connectivity index (χ2n) is 7.70. The van der Waals surface area contributed by atoms with Crippen LogP contribution in [0.5, 0.6) is 0 Å². The Bertz CT molecular complexity index is 1250. The molecule has 3 aromatic carbocycles. The van der Waals surface area contributed by atoms with Gasteiger partial charge >= 0.3 is 0 Å². The van der Waals surface area contributed by atoms with E-state index in [1.165, 1.54) is 4.88 Å². The fourth-order valence-electron chi connectivity index (χ4n) is 4.12.